The Morgan fingerprint density at radius 1 is 1.44 bits per heavy atom. The first kappa shape index (κ1) is 14.1. The van der Waals surface area contributed by atoms with Crippen LogP contribution < -0.4 is 0 Å². The van der Waals surface area contributed by atoms with Gasteiger partial charge < -0.3 is 4.74 Å². The van der Waals surface area contributed by atoms with Gasteiger partial charge in [-0.15, -0.1) is 0 Å². The number of methoxy groups -OCH3 is 1. The predicted octanol–water partition coefficient (Wildman–Crippen LogP) is 3.71. The summed E-state index contributed by atoms with van der Waals surface area (Å²) in [6.07, 6.45) is 1.69. The standard InChI is InChI=1S/C11H8BrClIN3O/c1-18-5-7-8(14)10(13)17-11(16-7)9-6(12)3-2-4-15-9/h2-4H,5H2,1H3. The van der Waals surface area contributed by atoms with E-state index in [0.29, 0.717) is 23.3 Å². The Morgan fingerprint density at radius 2 is 2.22 bits per heavy atom. The molecule has 0 bridgehead atoms. The second kappa shape index (κ2) is 6.23. The number of nitrogens with zero attached hydrogens (tertiary/aromatic N) is 3. The Hall–Kier alpha value is -0.310. The minimum absolute atomic E-state index is 0.387. The minimum atomic E-state index is 0.387. The molecule has 2 aromatic rings. The van der Waals surface area contributed by atoms with E-state index in [2.05, 4.69) is 53.5 Å². The lowest BCUT2D eigenvalue weighted by Gasteiger charge is -2.08. The first-order valence-corrected chi connectivity index (χ1v) is 7.20. The summed E-state index contributed by atoms with van der Waals surface area (Å²) in [6, 6.07) is 3.71. The SMILES string of the molecule is COCc1nc(-c2ncccc2Br)nc(Cl)c1I. The molecule has 0 spiro atoms. The zero-order valence-electron chi connectivity index (χ0n) is 9.32. The van der Waals surface area contributed by atoms with Crippen molar-refractivity contribution in [1.82, 2.24) is 15.0 Å². The van der Waals surface area contributed by atoms with Gasteiger partial charge in [-0.2, -0.15) is 0 Å². The van der Waals surface area contributed by atoms with E-state index in [4.69, 9.17) is 16.3 Å². The Labute approximate surface area is 131 Å². The van der Waals surface area contributed by atoms with Crippen molar-refractivity contribution in [3.8, 4) is 11.5 Å². The van der Waals surface area contributed by atoms with E-state index >= 15 is 0 Å². The maximum absolute atomic E-state index is 6.10. The summed E-state index contributed by atoms with van der Waals surface area (Å²) in [6.45, 7) is 0.387. The topological polar surface area (TPSA) is 47.9 Å². The van der Waals surface area contributed by atoms with E-state index in [0.717, 1.165) is 13.7 Å². The van der Waals surface area contributed by atoms with Gasteiger partial charge in [-0.3, -0.25) is 4.98 Å². The second-order valence-electron chi connectivity index (χ2n) is 3.37. The van der Waals surface area contributed by atoms with Crippen LogP contribution in [0.5, 0.6) is 0 Å². The van der Waals surface area contributed by atoms with Crippen molar-refractivity contribution < 1.29 is 4.74 Å². The fourth-order valence-electron chi connectivity index (χ4n) is 1.35. The fraction of sp³-hybridized carbons (Fsp3) is 0.182. The molecule has 0 saturated carbocycles. The van der Waals surface area contributed by atoms with E-state index in [9.17, 15) is 0 Å². The third-order valence-corrected chi connectivity index (χ3v) is 4.50. The van der Waals surface area contributed by atoms with E-state index in [1.807, 2.05) is 12.1 Å². The van der Waals surface area contributed by atoms with Crippen LogP contribution in [0.2, 0.25) is 5.15 Å². The smallest absolute Gasteiger partial charge is 0.181 e. The molecule has 0 unspecified atom stereocenters. The van der Waals surface area contributed by atoms with Crippen molar-refractivity contribution in [2.75, 3.05) is 7.11 Å². The normalized spacial score (nSPS) is 10.7. The summed E-state index contributed by atoms with van der Waals surface area (Å²) in [5, 5.41) is 0.408. The number of aromatic nitrogens is 3. The van der Waals surface area contributed by atoms with Gasteiger partial charge in [0.25, 0.3) is 0 Å². The Bertz CT molecular complexity index is 582. The van der Waals surface area contributed by atoms with Crippen molar-refractivity contribution in [3.05, 3.63) is 37.2 Å². The lowest BCUT2D eigenvalue weighted by Crippen LogP contribution is -2.03. The summed E-state index contributed by atoms with van der Waals surface area (Å²) in [5.41, 5.74) is 1.42. The summed E-state index contributed by atoms with van der Waals surface area (Å²) < 4.78 is 6.72. The van der Waals surface area contributed by atoms with Crippen molar-refractivity contribution >= 4 is 50.1 Å². The highest BCUT2D eigenvalue weighted by atomic mass is 127. The maximum atomic E-state index is 6.10. The number of hydrogen-bond donors (Lipinski definition) is 0. The zero-order valence-corrected chi connectivity index (χ0v) is 13.8. The average molecular weight is 440 g/mol. The fourth-order valence-corrected chi connectivity index (χ4v) is 2.37. The molecular weight excluding hydrogens is 432 g/mol. The van der Waals surface area contributed by atoms with Crippen LogP contribution in [0.1, 0.15) is 5.69 Å². The average Bonchev–Trinajstić information content (AvgIpc) is 2.35. The number of ether oxygens (including phenoxy) is 1. The molecule has 0 fully saturated rings. The molecule has 0 N–H and O–H groups in total. The Kier molecular flexibility index (Phi) is 4.88. The molecule has 0 radical (unpaired) electrons. The third kappa shape index (κ3) is 2.98. The molecule has 2 heterocycles. The van der Waals surface area contributed by atoms with Crippen molar-refractivity contribution in [1.29, 1.82) is 0 Å². The van der Waals surface area contributed by atoms with Crippen LogP contribution in [0.4, 0.5) is 0 Å². The summed E-state index contributed by atoms with van der Waals surface area (Å²) in [5.74, 6) is 0.486. The monoisotopic (exact) mass is 439 g/mol. The van der Waals surface area contributed by atoms with Crippen LogP contribution in [-0.2, 0) is 11.3 Å². The summed E-state index contributed by atoms with van der Waals surface area (Å²) in [4.78, 5) is 12.9. The van der Waals surface area contributed by atoms with Gasteiger partial charge >= 0.3 is 0 Å². The van der Waals surface area contributed by atoms with Crippen molar-refractivity contribution in [3.63, 3.8) is 0 Å². The number of rotatable bonds is 3. The Morgan fingerprint density at radius 3 is 2.89 bits per heavy atom. The van der Waals surface area contributed by atoms with Gasteiger partial charge in [0.05, 0.1) is 15.9 Å². The van der Waals surface area contributed by atoms with Gasteiger partial charge in [0.15, 0.2) is 5.82 Å². The number of pyridine rings is 1. The molecule has 0 aliphatic rings. The Balaban J connectivity index is 2.56. The van der Waals surface area contributed by atoms with Crippen LogP contribution in [0.3, 0.4) is 0 Å². The molecule has 4 nitrogen and oxygen atoms in total. The molecule has 2 aromatic heterocycles. The first-order valence-electron chi connectivity index (χ1n) is 4.95. The lowest BCUT2D eigenvalue weighted by molar-refractivity contribution is 0.181. The highest BCUT2D eigenvalue weighted by Crippen LogP contribution is 2.27. The van der Waals surface area contributed by atoms with E-state index in [1.165, 1.54) is 0 Å². The molecule has 7 heteroatoms. The molecule has 0 aliphatic heterocycles. The zero-order chi connectivity index (χ0) is 13.1. The van der Waals surface area contributed by atoms with Gasteiger partial charge in [0.1, 0.15) is 10.8 Å². The number of hydrogen-bond acceptors (Lipinski definition) is 4. The van der Waals surface area contributed by atoms with Crippen molar-refractivity contribution in [2.24, 2.45) is 0 Å². The van der Waals surface area contributed by atoms with Gasteiger partial charge in [0.2, 0.25) is 0 Å². The molecule has 0 saturated heterocycles. The van der Waals surface area contributed by atoms with Crippen LogP contribution in [0.25, 0.3) is 11.5 Å². The van der Waals surface area contributed by atoms with Crippen LogP contribution in [0.15, 0.2) is 22.8 Å². The van der Waals surface area contributed by atoms with E-state index in [1.54, 1.807) is 13.3 Å². The lowest BCUT2D eigenvalue weighted by atomic mass is 10.3. The highest BCUT2D eigenvalue weighted by Gasteiger charge is 2.14. The van der Waals surface area contributed by atoms with Crippen molar-refractivity contribution in [2.45, 2.75) is 6.61 Å². The third-order valence-electron chi connectivity index (χ3n) is 2.13. The molecular formula is C11H8BrClIN3O. The maximum Gasteiger partial charge on any atom is 0.181 e. The van der Waals surface area contributed by atoms with Crippen LogP contribution in [0, 0.1) is 3.57 Å². The molecule has 0 atom stereocenters. The van der Waals surface area contributed by atoms with Gasteiger partial charge in [-0.05, 0) is 50.7 Å². The molecule has 94 valence electrons. The molecule has 0 aromatic carbocycles. The number of halogens is 3. The summed E-state index contributed by atoms with van der Waals surface area (Å²) in [7, 11) is 1.61. The molecule has 0 amide bonds. The van der Waals surface area contributed by atoms with Gasteiger partial charge in [-0.1, -0.05) is 11.6 Å². The first-order chi connectivity index (χ1) is 8.63. The van der Waals surface area contributed by atoms with E-state index in [-0.39, 0.29) is 0 Å². The summed E-state index contributed by atoms with van der Waals surface area (Å²) >= 11 is 11.6. The van der Waals surface area contributed by atoms with Crippen LogP contribution in [-0.4, -0.2) is 22.1 Å². The highest BCUT2D eigenvalue weighted by molar-refractivity contribution is 14.1. The van der Waals surface area contributed by atoms with E-state index < -0.39 is 0 Å². The minimum Gasteiger partial charge on any atom is -0.378 e. The predicted molar refractivity (Wildman–Crippen MR) is 81.4 cm³/mol. The second-order valence-corrected chi connectivity index (χ2v) is 5.66. The molecule has 2 rings (SSSR count). The largest absolute Gasteiger partial charge is 0.378 e. The molecule has 0 aliphatic carbocycles. The van der Waals surface area contributed by atoms with Gasteiger partial charge in [-0.25, -0.2) is 9.97 Å². The van der Waals surface area contributed by atoms with Crippen LogP contribution >= 0.6 is 50.1 Å². The quantitative estimate of drug-likeness (QED) is 0.540. The molecule has 18 heavy (non-hydrogen) atoms. The van der Waals surface area contributed by atoms with Gasteiger partial charge in [0, 0.05) is 17.8 Å².